The van der Waals surface area contributed by atoms with E-state index in [0.717, 1.165) is 17.3 Å². The van der Waals surface area contributed by atoms with Crippen LogP contribution in [0.3, 0.4) is 0 Å². The number of carbonyl (C=O) groups excluding carboxylic acids is 3. The van der Waals surface area contributed by atoms with Gasteiger partial charge in [-0.1, -0.05) is 54.1 Å². The number of nitrogens with one attached hydrogen (secondary N) is 1. The molecule has 6 nitrogen and oxygen atoms in total. The van der Waals surface area contributed by atoms with E-state index in [1.807, 2.05) is 30.3 Å². The van der Waals surface area contributed by atoms with Gasteiger partial charge in [-0.15, -0.1) is 0 Å². The summed E-state index contributed by atoms with van der Waals surface area (Å²) in [7, 11) is 0. The van der Waals surface area contributed by atoms with Crippen LogP contribution in [-0.4, -0.2) is 28.6 Å². The third-order valence-electron chi connectivity index (χ3n) is 4.71. The summed E-state index contributed by atoms with van der Waals surface area (Å²) < 4.78 is 5.58. The van der Waals surface area contributed by atoms with Crippen LogP contribution in [0, 0.1) is 0 Å². The second-order valence-electron chi connectivity index (χ2n) is 7.17. The first kappa shape index (κ1) is 22.6. The van der Waals surface area contributed by atoms with E-state index >= 15 is 0 Å². The summed E-state index contributed by atoms with van der Waals surface area (Å²) in [5.74, 6) is -0.175. The van der Waals surface area contributed by atoms with Crippen LogP contribution < -0.4 is 10.1 Å². The Kier molecular flexibility index (Phi) is 7.12. The number of carbonyl (C=O) groups is 3. The van der Waals surface area contributed by atoms with Gasteiger partial charge in [-0.3, -0.25) is 19.3 Å². The van der Waals surface area contributed by atoms with Gasteiger partial charge in [0.1, 0.15) is 5.75 Å². The quantitative estimate of drug-likeness (QED) is 0.448. The minimum absolute atomic E-state index is 0.181. The maximum atomic E-state index is 12.7. The number of nitrogens with zero attached hydrogens (tertiary/aromatic N) is 1. The van der Waals surface area contributed by atoms with E-state index < -0.39 is 0 Å². The molecule has 166 valence electrons. The molecule has 0 atom stereocenters. The molecule has 0 spiro atoms. The van der Waals surface area contributed by atoms with Crippen LogP contribution in [0.4, 0.5) is 10.5 Å². The predicted molar refractivity (Wildman–Crippen MR) is 130 cm³/mol. The standard InChI is InChI=1S/C25H19ClN2O4S/c26-19-9-11-20(12-10-19)27-23(29)16-32-21-8-4-7-18(13-21)14-22-24(30)28(25(31)33-22)15-17-5-2-1-3-6-17/h1-14H,15-16H2,(H,27,29)/b22-14-. The van der Waals surface area contributed by atoms with E-state index in [4.69, 9.17) is 16.3 Å². The number of ether oxygens (including phenoxy) is 1. The predicted octanol–water partition coefficient (Wildman–Crippen LogP) is 5.59. The van der Waals surface area contributed by atoms with Gasteiger partial charge >= 0.3 is 0 Å². The lowest BCUT2D eigenvalue weighted by Gasteiger charge is -2.12. The highest BCUT2D eigenvalue weighted by Gasteiger charge is 2.34. The van der Waals surface area contributed by atoms with E-state index in [1.54, 1.807) is 54.6 Å². The van der Waals surface area contributed by atoms with Crippen molar-refractivity contribution in [3.05, 3.63) is 99.9 Å². The summed E-state index contributed by atoms with van der Waals surface area (Å²) in [6.45, 7) is 0.0500. The first-order valence-electron chi connectivity index (χ1n) is 10.1. The SMILES string of the molecule is O=C(COc1cccc(/C=C2\SC(=O)N(Cc3ccccc3)C2=O)c1)Nc1ccc(Cl)cc1. The van der Waals surface area contributed by atoms with Crippen LogP contribution in [0.15, 0.2) is 83.8 Å². The lowest BCUT2D eigenvalue weighted by Crippen LogP contribution is -2.27. The second kappa shape index (κ2) is 10.4. The molecule has 0 aliphatic carbocycles. The summed E-state index contributed by atoms with van der Waals surface area (Å²) in [4.78, 5) is 38.8. The Balaban J connectivity index is 1.38. The molecule has 4 rings (SSSR count). The fourth-order valence-corrected chi connectivity index (χ4v) is 4.09. The van der Waals surface area contributed by atoms with Crippen LogP contribution in [0.2, 0.25) is 5.02 Å². The molecule has 0 radical (unpaired) electrons. The van der Waals surface area contributed by atoms with Crippen molar-refractivity contribution in [2.75, 3.05) is 11.9 Å². The average molecular weight is 479 g/mol. The van der Waals surface area contributed by atoms with Crippen LogP contribution in [0.1, 0.15) is 11.1 Å². The smallest absolute Gasteiger partial charge is 0.293 e. The molecule has 0 bridgehead atoms. The Labute approximate surface area is 200 Å². The topological polar surface area (TPSA) is 75.7 Å². The molecule has 1 N–H and O–H groups in total. The summed E-state index contributed by atoms with van der Waals surface area (Å²) in [6.07, 6.45) is 1.65. The second-order valence-corrected chi connectivity index (χ2v) is 8.60. The van der Waals surface area contributed by atoms with E-state index in [2.05, 4.69) is 5.32 Å². The van der Waals surface area contributed by atoms with Gasteiger partial charge in [0.2, 0.25) is 0 Å². The molecule has 1 saturated heterocycles. The zero-order chi connectivity index (χ0) is 23.2. The maximum Gasteiger partial charge on any atom is 0.293 e. The van der Waals surface area contributed by atoms with Crippen molar-refractivity contribution in [3.8, 4) is 5.75 Å². The molecule has 1 heterocycles. The minimum Gasteiger partial charge on any atom is -0.484 e. The zero-order valence-electron chi connectivity index (χ0n) is 17.4. The Morgan fingerprint density at radius 1 is 1.00 bits per heavy atom. The summed E-state index contributed by atoms with van der Waals surface area (Å²) >= 11 is 6.75. The van der Waals surface area contributed by atoms with Crippen molar-refractivity contribution in [1.82, 2.24) is 4.90 Å². The minimum atomic E-state index is -0.331. The lowest BCUT2D eigenvalue weighted by atomic mass is 10.2. The monoisotopic (exact) mass is 478 g/mol. The normalized spacial score (nSPS) is 14.6. The van der Waals surface area contributed by atoms with Gasteiger partial charge in [0, 0.05) is 10.7 Å². The number of imide groups is 1. The van der Waals surface area contributed by atoms with Gasteiger partial charge in [0.15, 0.2) is 6.61 Å². The van der Waals surface area contributed by atoms with Crippen LogP contribution in [-0.2, 0) is 16.1 Å². The average Bonchev–Trinajstić information content (AvgIpc) is 3.07. The van der Waals surface area contributed by atoms with Gasteiger partial charge in [-0.2, -0.15) is 0 Å². The number of hydrogen-bond acceptors (Lipinski definition) is 5. The number of benzene rings is 3. The summed E-state index contributed by atoms with van der Waals surface area (Å²) in [5, 5.41) is 3.00. The lowest BCUT2D eigenvalue weighted by molar-refractivity contribution is -0.123. The number of hydrogen-bond donors (Lipinski definition) is 1. The molecule has 0 aromatic heterocycles. The number of anilines is 1. The van der Waals surface area contributed by atoms with Gasteiger partial charge < -0.3 is 10.1 Å². The van der Waals surface area contributed by atoms with Gasteiger partial charge in [0.05, 0.1) is 11.4 Å². The molecule has 1 aliphatic rings. The molecule has 33 heavy (non-hydrogen) atoms. The van der Waals surface area contributed by atoms with E-state index in [9.17, 15) is 14.4 Å². The number of thioether (sulfide) groups is 1. The summed E-state index contributed by atoms with van der Waals surface area (Å²) in [6, 6.07) is 23.1. The molecule has 1 aliphatic heterocycles. The van der Waals surface area contributed by atoms with Crippen molar-refractivity contribution in [2.45, 2.75) is 6.54 Å². The first-order valence-corrected chi connectivity index (χ1v) is 11.2. The van der Waals surface area contributed by atoms with Crippen LogP contribution >= 0.6 is 23.4 Å². The first-order chi connectivity index (χ1) is 16.0. The molecule has 0 unspecified atom stereocenters. The van der Waals surface area contributed by atoms with Crippen molar-refractivity contribution in [1.29, 1.82) is 0 Å². The van der Waals surface area contributed by atoms with Crippen molar-refractivity contribution in [3.63, 3.8) is 0 Å². The van der Waals surface area contributed by atoms with Gasteiger partial charge in [-0.25, -0.2) is 0 Å². The highest BCUT2D eigenvalue weighted by molar-refractivity contribution is 8.18. The Morgan fingerprint density at radius 3 is 2.52 bits per heavy atom. The highest BCUT2D eigenvalue weighted by atomic mass is 35.5. The highest BCUT2D eigenvalue weighted by Crippen LogP contribution is 2.33. The maximum absolute atomic E-state index is 12.7. The molecule has 1 fully saturated rings. The van der Waals surface area contributed by atoms with E-state index in [0.29, 0.717) is 26.9 Å². The summed E-state index contributed by atoms with van der Waals surface area (Å²) in [5.41, 5.74) is 2.19. The molecular weight excluding hydrogens is 460 g/mol. The van der Waals surface area contributed by atoms with Gasteiger partial charge in [0.25, 0.3) is 17.1 Å². The van der Waals surface area contributed by atoms with E-state index in [-0.39, 0.29) is 30.2 Å². The van der Waals surface area contributed by atoms with Crippen LogP contribution in [0.25, 0.3) is 6.08 Å². The number of halogens is 1. The Bertz CT molecular complexity index is 1210. The third kappa shape index (κ3) is 6.03. The zero-order valence-corrected chi connectivity index (χ0v) is 18.9. The molecule has 3 amide bonds. The fraction of sp³-hybridized carbons (Fsp3) is 0.0800. The molecule has 3 aromatic rings. The third-order valence-corrected chi connectivity index (χ3v) is 5.87. The van der Waals surface area contributed by atoms with Crippen molar-refractivity contribution in [2.24, 2.45) is 0 Å². The van der Waals surface area contributed by atoms with E-state index in [1.165, 1.54) is 4.90 Å². The van der Waals surface area contributed by atoms with Gasteiger partial charge in [-0.05, 0) is 65.4 Å². The molecule has 8 heteroatoms. The fourth-order valence-electron chi connectivity index (χ4n) is 3.13. The molecule has 3 aromatic carbocycles. The van der Waals surface area contributed by atoms with Crippen molar-refractivity contribution < 1.29 is 19.1 Å². The number of amides is 3. The van der Waals surface area contributed by atoms with Crippen LogP contribution in [0.5, 0.6) is 5.75 Å². The van der Waals surface area contributed by atoms with Crippen molar-refractivity contribution >= 4 is 52.2 Å². The largest absolute Gasteiger partial charge is 0.484 e. The Morgan fingerprint density at radius 2 is 1.76 bits per heavy atom. The Hall–Kier alpha value is -3.55. The molecular formula is C25H19ClN2O4S. The molecule has 0 saturated carbocycles. The number of rotatable bonds is 7.